The second kappa shape index (κ2) is 6.02. The number of alkyl halides is 3. The molecule has 1 aromatic rings. The molecule has 0 fully saturated rings. The molecule has 4 nitrogen and oxygen atoms in total. The lowest BCUT2D eigenvalue weighted by molar-refractivity contribution is -0.120. The Morgan fingerprint density at radius 3 is 2.45 bits per heavy atom. The number of halogens is 3. The average Bonchev–Trinajstić information content (AvgIpc) is 2.34. The summed E-state index contributed by atoms with van der Waals surface area (Å²) in [6.07, 6.45) is -4.36. The largest absolute Gasteiger partial charge is 0.465 e. The van der Waals surface area contributed by atoms with Crippen LogP contribution in [-0.4, -0.2) is 31.8 Å². The number of hydrogen-bond acceptors (Lipinski definition) is 4. The van der Waals surface area contributed by atoms with Gasteiger partial charge in [0.25, 0.3) is 0 Å². The number of nitrogen functional groups attached to an aromatic ring is 1. The maximum atomic E-state index is 12.6. The van der Waals surface area contributed by atoms with Crippen LogP contribution in [0.15, 0.2) is 18.2 Å². The third kappa shape index (κ3) is 3.79. The zero-order chi connectivity index (χ0) is 15.5. The number of carbonyl (C=O) groups excluding carboxylic acids is 1. The first-order chi connectivity index (χ1) is 9.17. The highest BCUT2D eigenvalue weighted by atomic mass is 19.4. The Labute approximate surface area is 115 Å². The molecule has 0 amide bonds. The van der Waals surface area contributed by atoms with Crippen molar-refractivity contribution >= 4 is 17.3 Å². The maximum absolute atomic E-state index is 12.6. The van der Waals surface area contributed by atoms with Crippen LogP contribution in [0.25, 0.3) is 0 Å². The lowest BCUT2D eigenvalue weighted by Crippen LogP contribution is -2.39. The summed E-state index contributed by atoms with van der Waals surface area (Å²) in [7, 11) is 1.18. The molecule has 0 radical (unpaired) electrons. The molecular formula is C13H17F3N2O2. The highest BCUT2D eigenvalue weighted by Gasteiger charge is 2.33. The number of esters is 1. The van der Waals surface area contributed by atoms with Crippen molar-refractivity contribution in [3.8, 4) is 0 Å². The van der Waals surface area contributed by atoms with E-state index in [4.69, 9.17) is 5.73 Å². The van der Waals surface area contributed by atoms with E-state index in [0.717, 1.165) is 4.90 Å². The van der Waals surface area contributed by atoms with Crippen molar-refractivity contribution in [2.24, 2.45) is 0 Å². The Morgan fingerprint density at radius 1 is 1.40 bits per heavy atom. The van der Waals surface area contributed by atoms with Crippen molar-refractivity contribution in [2.75, 3.05) is 24.3 Å². The van der Waals surface area contributed by atoms with Crippen molar-refractivity contribution in [3.63, 3.8) is 0 Å². The normalized spacial score (nSPS) is 11.6. The molecule has 0 unspecified atom stereocenters. The van der Waals surface area contributed by atoms with Gasteiger partial charge in [-0.15, -0.1) is 0 Å². The summed E-state index contributed by atoms with van der Waals surface area (Å²) < 4.78 is 42.5. The summed E-state index contributed by atoms with van der Waals surface area (Å²) in [5, 5.41) is 0. The van der Waals surface area contributed by atoms with E-state index in [1.54, 1.807) is 13.8 Å². The van der Waals surface area contributed by atoms with Crippen LogP contribution in [0.5, 0.6) is 0 Å². The van der Waals surface area contributed by atoms with Crippen LogP contribution in [0.3, 0.4) is 0 Å². The van der Waals surface area contributed by atoms with Gasteiger partial charge in [0.05, 0.1) is 24.0 Å². The van der Waals surface area contributed by atoms with Crippen molar-refractivity contribution in [1.82, 2.24) is 0 Å². The molecule has 1 aromatic carbocycles. The SMILES string of the molecule is COC(=O)c1cccc(N(CC(F)(F)F)C(C)C)c1N. The number of nitrogens with two attached hydrogens (primary N) is 1. The molecule has 1 rings (SSSR count). The smallest absolute Gasteiger partial charge is 0.405 e. The number of anilines is 2. The predicted octanol–water partition coefficient (Wildman–Crippen LogP) is 2.83. The zero-order valence-corrected chi connectivity index (χ0v) is 11.5. The Bertz CT molecular complexity index is 487. The van der Waals surface area contributed by atoms with E-state index in [9.17, 15) is 18.0 Å². The topological polar surface area (TPSA) is 55.6 Å². The van der Waals surface area contributed by atoms with Crippen LogP contribution in [0, 0.1) is 0 Å². The van der Waals surface area contributed by atoms with Gasteiger partial charge in [-0.1, -0.05) is 6.07 Å². The fourth-order valence-electron chi connectivity index (χ4n) is 1.83. The molecule has 2 N–H and O–H groups in total. The van der Waals surface area contributed by atoms with Crippen molar-refractivity contribution in [3.05, 3.63) is 23.8 Å². The van der Waals surface area contributed by atoms with Gasteiger partial charge in [-0.25, -0.2) is 4.79 Å². The third-order valence-electron chi connectivity index (χ3n) is 2.77. The van der Waals surface area contributed by atoms with Crippen molar-refractivity contribution in [1.29, 1.82) is 0 Å². The summed E-state index contributed by atoms with van der Waals surface area (Å²) in [6, 6.07) is 3.92. The van der Waals surface area contributed by atoms with E-state index >= 15 is 0 Å². The standard InChI is InChI=1S/C13H17F3N2O2/c1-8(2)18(7-13(14,15)16)10-6-4-5-9(11(10)17)12(19)20-3/h4-6,8H,7,17H2,1-3H3. The van der Waals surface area contributed by atoms with Gasteiger partial charge in [0.15, 0.2) is 0 Å². The Balaban J connectivity index is 3.25. The number of methoxy groups -OCH3 is 1. The number of ether oxygens (including phenoxy) is 1. The molecule has 0 aliphatic rings. The molecule has 0 aliphatic heterocycles. The van der Waals surface area contributed by atoms with Crippen molar-refractivity contribution in [2.45, 2.75) is 26.1 Å². The van der Waals surface area contributed by atoms with Crippen LogP contribution in [0.2, 0.25) is 0 Å². The van der Waals surface area contributed by atoms with Gasteiger partial charge >= 0.3 is 12.1 Å². The Kier molecular flexibility index (Phi) is 4.86. The minimum Gasteiger partial charge on any atom is -0.465 e. The van der Waals surface area contributed by atoms with Gasteiger partial charge in [-0.3, -0.25) is 0 Å². The van der Waals surface area contributed by atoms with Gasteiger partial charge in [0.2, 0.25) is 0 Å². The van der Waals surface area contributed by atoms with Crippen LogP contribution >= 0.6 is 0 Å². The molecule has 0 spiro atoms. The lowest BCUT2D eigenvalue weighted by atomic mass is 10.1. The molecule has 0 bridgehead atoms. The molecule has 0 atom stereocenters. The number of rotatable bonds is 4. The van der Waals surface area contributed by atoms with E-state index < -0.39 is 24.7 Å². The van der Waals surface area contributed by atoms with Crippen LogP contribution in [0.4, 0.5) is 24.5 Å². The second-order valence-electron chi connectivity index (χ2n) is 4.57. The Hall–Kier alpha value is -1.92. The molecule has 0 saturated carbocycles. The number of benzene rings is 1. The average molecular weight is 290 g/mol. The van der Waals surface area contributed by atoms with E-state index in [-0.39, 0.29) is 16.9 Å². The van der Waals surface area contributed by atoms with Crippen LogP contribution in [-0.2, 0) is 4.74 Å². The summed E-state index contributed by atoms with van der Waals surface area (Å²) in [4.78, 5) is 12.6. The maximum Gasteiger partial charge on any atom is 0.405 e. The number of para-hydroxylation sites is 1. The van der Waals surface area contributed by atoms with Gasteiger partial charge in [-0.2, -0.15) is 13.2 Å². The lowest BCUT2D eigenvalue weighted by Gasteiger charge is -2.31. The first-order valence-electron chi connectivity index (χ1n) is 5.97. The first-order valence-corrected chi connectivity index (χ1v) is 5.97. The third-order valence-corrected chi connectivity index (χ3v) is 2.77. The van der Waals surface area contributed by atoms with Gasteiger partial charge in [-0.05, 0) is 26.0 Å². The summed E-state index contributed by atoms with van der Waals surface area (Å²) >= 11 is 0. The van der Waals surface area contributed by atoms with Crippen molar-refractivity contribution < 1.29 is 22.7 Å². The van der Waals surface area contributed by atoms with Gasteiger partial charge in [0, 0.05) is 6.04 Å². The number of hydrogen-bond donors (Lipinski definition) is 1. The highest BCUT2D eigenvalue weighted by Crippen LogP contribution is 2.31. The van der Waals surface area contributed by atoms with E-state index in [1.807, 2.05) is 0 Å². The number of carbonyl (C=O) groups is 1. The van der Waals surface area contributed by atoms with E-state index in [0.29, 0.717) is 0 Å². The van der Waals surface area contributed by atoms with Gasteiger partial charge < -0.3 is 15.4 Å². The molecule has 7 heteroatoms. The van der Waals surface area contributed by atoms with Gasteiger partial charge in [0.1, 0.15) is 6.54 Å². The summed E-state index contributed by atoms with van der Waals surface area (Å²) in [6.45, 7) is 2.10. The molecule has 20 heavy (non-hydrogen) atoms. The number of nitrogens with zero attached hydrogens (tertiary/aromatic N) is 1. The first kappa shape index (κ1) is 16.1. The second-order valence-corrected chi connectivity index (χ2v) is 4.57. The fraction of sp³-hybridized carbons (Fsp3) is 0.462. The van der Waals surface area contributed by atoms with Crippen LogP contribution in [0.1, 0.15) is 24.2 Å². The fourth-order valence-corrected chi connectivity index (χ4v) is 1.83. The van der Waals surface area contributed by atoms with E-state index in [2.05, 4.69) is 4.74 Å². The molecule has 112 valence electrons. The summed E-state index contributed by atoms with van der Waals surface area (Å²) in [5.41, 5.74) is 6.01. The molecule has 0 heterocycles. The zero-order valence-electron chi connectivity index (χ0n) is 11.5. The minimum absolute atomic E-state index is 0.0164. The minimum atomic E-state index is -4.36. The quantitative estimate of drug-likeness (QED) is 0.684. The monoisotopic (exact) mass is 290 g/mol. The summed E-state index contributed by atoms with van der Waals surface area (Å²) in [5.74, 6) is -0.680. The molecule has 0 aliphatic carbocycles. The van der Waals surface area contributed by atoms with Crippen LogP contribution < -0.4 is 10.6 Å². The highest BCUT2D eigenvalue weighted by molar-refractivity contribution is 5.98. The Morgan fingerprint density at radius 2 is 2.00 bits per heavy atom. The molecule has 0 aromatic heterocycles. The molecular weight excluding hydrogens is 273 g/mol. The predicted molar refractivity (Wildman–Crippen MR) is 70.7 cm³/mol. The molecule has 0 saturated heterocycles. The van der Waals surface area contributed by atoms with E-state index in [1.165, 1.54) is 25.3 Å².